The Hall–Kier alpha value is -0.820. The Morgan fingerprint density at radius 1 is 1.33 bits per heavy atom. The summed E-state index contributed by atoms with van der Waals surface area (Å²) in [7, 11) is -3.63. The van der Waals surface area contributed by atoms with Crippen LogP contribution in [0.3, 0.4) is 0 Å². The molecule has 0 bridgehead atoms. The molecule has 3 N–H and O–H groups in total. The van der Waals surface area contributed by atoms with Crippen molar-refractivity contribution in [3.63, 3.8) is 0 Å². The Kier molecular flexibility index (Phi) is 3.90. The van der Waals surface area contributed by atoms with Crippen molar-refractivity contribution in [1.29, 1.82) is 0 Å². The SMILES string of the molecule is Cc1cc(Cl)c(S(=O)(=O)NC2CCN(C3CC3)C2)cc1N. The van der Waals surface area contributed by atoms with Crippen LogP contribution < -0.4 is 10.5 Å². The lowest BCUT2D eigenvalue weighted by Gasteiger charge is -2.17. The van der Waals surface area contributed by atoms with Crippen LogP contribution in [0, 0.1) is 6.92 Å². The number of nitrogens with zero attached hydrogens (tertiary/aromatic N) is 1. The summed E-state index contributed by atoms with van der Waals surface area (Å²) in [6.45, 7) is 3.54. The number of hydrogen-bond donors (Lipinski definition) is 2. The predicted molar refractivity (Wildman–Crippen MR) is 83.9 cm³/mol. The van der Waals surface area contributed by atoms with Crippen LogP contribution in [0.2, 0.25) is 5.02 Å². The van der Waals surface area contributed by atoms with Gasteiger partial charge in [-0.2, -0.15) is 0 Å². The highest BCUT2D eigenvalue weighted by Crippen LogP contribution is 2.31. The van der Waals surface area contributed by atoms with E-state index in [1.807, 2.05) is 0 Å². The van der Waals surface area contributed by atoms with E-state index >= 15 is 0 Å². The fourth-order valence-corrected chi connectivity index (χ4v) is 4.69. The van der Waals surface area contributed by atoms with E-state index in [1.165, 1.54) is 18.9 Å². The van der Waals surface area contributed by atoms with Crippen LogP contribution in [0.4, 0.5) is 5.69 Å². The number of likely N-dealkylation sites (tertiary alicyclic amines) is 1. The Balaban J connectivity index is 1.76. The largest absolute Gasteiger partial charge is 0.398 e. The molecule has 116 valence electrons. The lowest BCUT2D eigenvalue weighted by Crippen LogP contribution is -2.37. The summed E-state index contributed by atoms with van der Waals surface area (Å²) in [6, 6.07) is 3.65. The van der Waals surface area contributed by atoms with Crippen molar-refractivity contribution in [2.24, 2.45) is 0 Å². The van der Waals surface area contributed by atoms with Gasteiger partial charge in [0.05, 0.1) is 5.02 Å². The molecule has 1 aliphatic heterocycles. The first-order valence-corrected chi connectivity index (χ1v) is 9.05. The molecule has 1 unspecified atom stereocenters. The van der Waals surface area contributed by atoms with Gasteiger partial charge < -0.3 is 5.73 Å². The number of nitrogens with one attached hydrogen (secondary N) is 1. The van der Waals surface area contributed by atoms with Gasteiger partial charge in [0, 0.05) is 30.9 Å². The summed E-state index contributed by atoms with van der Waals surface area (Å²) in [5.74, 6) is 0. The molecule has 2 fully saturated rings. The van der Waals surface area contributed by atoms with Crippen LogP contribution in [-0.4, -0.2) is 38.5 Å². The minimum Gasteiger partial charge on any atom is -0.398 e. The number of hydrogen-bond acceptors (Lipinski definition) is 4. The summed E-state index contributed by atoms with van der Waals surface area (Å²) in [4.78, 5) is 2.43. The number of sulfonamides is 1. The smallest absolute Gasteiger partial charge is 0.242 e. The molecule has 1 heterocycles. The maximum Gasteiger partial charge on any atom is 0.242 e. The van der Waals surface area contributed by atoms with Crippen molar-refractivity contribution in [1.82, 2.24) is 9.62 Å². The number of nitrogen functional groups attached to an aromatic ring is 1. The molecule has 21 heavy (non-hydrogen) atoms. The van der Waals surface area contributed by atoms with Gasteiger partial charge in [-0.25, -0.2) is 13.1 Å². The van der Waals surface area contributed by atoms with E-state index in [2.05, 4.69) is 9.62 Å². The molecule has 0 radical (unpaired) electrons. The molecule has 1 aromatic carbocycles. The average molecular weight is 330 g/mol. The van der Waals surface area contributed by atoms with Gasteiger partial charge in [-0.15, -0.1) is 0 Å². The van der Waals surface area contributed by atoms with Gasteiger partial charge in [-0.05, 0) is 43.9 Å². The first kappa shape index (κ1) is 15.1. The third kappa shape index (κ3) is 3.18. The summed E-state index contributed by atoms with van der Waals surface area (Å²) in [5, 5.41) is 0.214. The minimum absolute atomic E-state index is 0.0470. The van der Waals surface area contributed by atoms with Crippen molar-refractivity contribution in [2.45, 2.75) is 43.2 Å². The van der Waals surface area contributed by atoms with E-state index in [9.17, 15) is 8.42 Å². The van der Waals surface area contributed by atoms with Gasteiger partial charge in [-0.3, -0.25) is 4.90 Å². The van der Waals surface area contributed by atoms with Crippen LogP contribution in [-0.2, 0) is 10.0 Å². The van der Waals surface area contributed by atoms with Gasteiger partial charge in [0.15, 0.2) is 0 Å². The molecule has 1 aliphatic carbocycles. The van der Waals surface area contributed by atoms with Crippen molar-refractivity contribution < 1.29 is 8.42 Å². The second-order valence-electron chi connectivity index (χ2n) is 5.97. The summed E-state index contributed by atoms with van der Waals surface area (Å²) < 4.78 is 27.8. The molecular weight excluding hydrogens is 310 g/mol. The molecule has 7 heteroatoms. The highest BCUT2D eigenvalue weighted by molar-refractivity contribution is 7.89. The van der Waals surface area contributed by atoms with Crippen LogP contribution in [0.15, 0.2) is 17.0 Å². The minimum atomic E-state index is -3.63. The van der Waals surface area contributed by atoms with Crippen LogP contribution >= 0.6 is 11.6 Å². The van der Waals surface area contributed by atoms with Gasteiger partial charge in [0.25, 0.3) is 0 Å². The van der Waals surface area contributed by atoms with Gasteiger partial charge in [-0.1, -0.05) is 11.6 Å². The zero-order valence-corrected chi connectivity index (χ0v) is 13.5. The Labute approximate surface area is 130 Å². The lowest BCUT2D eigenvalue weighted by molar-refractivity contribution is 0.322. The van der Waals surface area contributed by atoms with E-state index in [1.54, 1.807) is 13.0 Å². The van der Waals surface area contributed by atoms with Crippen LogP contribution in [0.25, 0.3) is 0 Å². The summed E-state index contributed by atoms with van der Waals surface area (Å²) in [5.41, 5.74) is 7.02. The van der Waals surface area contributed by atoms with Gasteiger partial charge >= 0.3 is 0 Å². The monoisotopic (exact) mass is 329 g/mol. The summed E-state index contributed by atoms with van der Waals surface area (Å²) in [6.07, 6.45) is 3.31. The van der Waals surface area contributed by atoms with Gasteiger partial charge in [0.2, 0.25) is 10.0 Å². The second kappa shape index (κ2) is 5.43. The number of halogens is 1. The molecule has 1 aromatic rings. The van der Waals surface area contributed by atoms with Crippen molar-refractivity contribution in [3.8, 4) is 0 Å². The molecule has 1 atom stereocenters. The second-order valence-corrected chi connectivity index (χ2v) is 8.06. The third-order valence-corrected chi connectivity index (χ3v) is 6.20. The standard InChI is InChI=1S/C14H20ClN3O2S/c1-9-6-12(15)14(7-13(9)16)21(19,20)17-10-4-5-18(8-10)11-2-3-11/h6-7,10-11,17H,2-5,8,16H2,1H3. The number of aryl methyl sites for hydroxylation is 1. The van der Waals surface area contributed by atoms with Crippen LogP contribution in [0.1, 0.15) is 24.8 Å². The van der Waals surface area contributed by atoms with E-state index in [4.69, 9.17) is 17.3 Å². The van der Waals surface area contributed by atoms with Gasteiger partial charge in [0.1, 0.15) is 4.90 Å². The fourth-order valence-electron chi connectivity index (χ4n) is 2.81. The van der Waals surface area contributed by atoms with Crippen LogP contribution in [0.5, 0.6) is 0 Å². The summed E-state index contributed by atoms with van der Waals surface area (Å²) >= 11 is 6.08. The zero-order chi connectivity index (χ0) is 15.2. The van der Waals surface area contributed by atoms with Crippen molar-refractivity contribution in [2.75, 3.05) is 18.8 Å². The topological polar surface area (TPSA) is 75.4 Å². The number of nitrogens with two attached hydrogens (primary N) is 1. The van der Waals surface area contributed by atoms with Crippen molar-refractivity contribution >= 4 is 27.3 Å². The Morgan fingerprint density at radius 3 is 2.71 bits per heavy atom. The maximum absolute atomic E-state index is 12.5. The highest BCUT2D eigenvalue weighted by atomic mass is 35.5. The third-order valence-electron chi connectivity index (χ3n) is 4.21. The molecule has 5 nitrogen and oxygen atoms in total. The van der Waals surface area contributed by atoms with E-state index < -0.39 is 10.0 Å². The molecule has 3 rings (SSSR count). The normalized spacial score (nSPS) is 23.6. The fraction of sp³-hybridized carbons (Fsp3) is 0.571. The maximum atomic E-state index is 12.5. The molecular formula is C14H20ClN3O2S. The first-order chi connectivity index (χ1) is 9.87. The molecule has 1 saturated heterocycles. The first-order valence-electron chi connectivity index (χ1n) is 7.19. The predicted octanol–water partition coefficient (Wildman–Crippen LogP) is 1.75. The average Bonchev–Trinajstić information content (AvgIpc) is 3.15. The molecule has 0 aromatic heterocycles. The zero-order valence-electron chi connectivity index (χ0n) is 12.0. The molecule has 2 aliphatic rings. The molecule has 0 spiro atoms. The number of benzene rings is 1. The molecule has 1 saturated carbocycles. The lowest BCUT2D eigenvalue weighted by atomic mass is 10.2. The van der Waals surface area contributed by atoms with Crippen molar-refractivity contribution in [3.05, 3.63) is 22.7 Å². The number of rotatable bonds is 4. The Morgan fingerprint density at radius 2 is 2.05 bits per heavy atom. The number of anilines is 1. The quantitative estimate of drug-likeness (QED) is 0.825. The molecule has 0 amide bonds. The highest BCUT2D eigenvalue weighted by Gasteiger charge is 2.36. The van der Waals surface area contributed by atoms with E-state index in [0.29, 0.717) is 11.7 Å². The Bertz CT molecular complexity index is 658. The van der Waals surface area contributed by atoms with E-state index in [0.717, 1.165) is 25.1 Å². The van der Waals surface area contributed by atoms with E-state index in [-0.39, 0.29) is 16.0 Å².